The number of hydrogen-bond donors (Lipinski definition) is 5. The smallest absolute Gasteiger partial charge is 0.300 e. The molecule has 0 aliphatic carbocycles. The van der Waals surface area contributed by atoms with Gasteiger partial charge in [-0.1, -0.05) is 6.92 Å². The molecule has 0 unspecified atom stereocenters. The molecule has 0 rings (SSSR count). The van der Waals surface area contributed by atoms with Crippen molar-refractivity contribution in [2.75, 3.05) is 19.6 Å². The number of hydrogen-bond acceptors (Lipinski definition) is 5. The first-order chi connectivity index (χ1) is 8.61. The first-order valence-corrected chi connectivity index (χ1v) is 5.61. The van der Waals surface area contributed by atoms with Gasteiger partial charge in [0.25, 0.3) is 17.9 Å². The molecule has 0 radical (unpaired) electrons. The third-order valence-electron chi connectivity index (χ3n) is 0.748. The second-order valence-corrected chi connectivity index (χ2v) is 3.10. The van der Waals surface area contributed by atoms with Crippen molar-refractivity contribution in [2.45, 2.75) is 34.1 Å². The van der Waals surface area contributed by atoms with E-state index < -0.39 is 17.9 Å². The summed E-state index contributed by atoms with van der Waals surface area (Å²) in [5, 5.41) is 25.4. The maximum Gasteiger partial charge on any atom is 0.300 e. The van der Waals surface area contributed by atoms with E-state index in [1.165, 1.54) is 6.42 Å². The van der Waals surface area contributed by atoms with Crippen LogP contribution in [0, 0.1) is 0 Å². The highest BCUT2D eigenvalue weighted by Crippen LogP contribution is 1.65. The minimum atomic E-state index is -0.833. The lowest BCUT2D eigenvalue weighted by molar-refractivity contribution is -0.135. The Labute approximate surface area is 113 Å². The summed E-state index contributed by atoms with van der Waals surface area (Å²) in [6, 6.07) is 0. The van der Waals surface area contributed by atoms with Gasteiger partial charge >= 0.3 is 0 Å². The van der Waals surface area contributed by atoms with E-state index in [1.807, 2.05) is 0 Å². The van der Waals surface area contributed by atoms with Crippen LogP contribution in [-0.4, -0.2) is 52.9 Å². The van der Waals surface area contributed by atoms with Crippen LogP contribution in [0.2, 0.25) is 0 Å². The molecule has 116 valence electrons. The van der Waals surface area contributed by atoms with Crippen molar-refractivity contribution in [1.82, 2.24) is 5.32 Å². The van der Waals surface area contributed by atoms with Crippen molar-refractivity contribution in [3.8, 4) is 0 Å². The molecule has 8 heteroatoms. The van der Waals surface area contributed by atoms with Crippen LogP contribution >= 0.6 is 0 Å². The van der Waals surface area contributed by atoms with E-state index >= 15 is 0 Å². The summed E-state index contributed by atoms with van der Waals surface area (Å²) in [7, 11) is 0. The average Bonchev–Trinajstić information content (AvgIpc) is 2.15. The van der Waals surface area contributed by atoms with Gasteiger partial charge in [-0.15, -0.1) is 0 Å². The molecule has 0 amide bonds. The van der Waals surface area contributed by atoms with Gasteiger partial charge in [0.05, 0.1) is 0 Å². The Kier molecular flexibility index (Phi) is 34.6. The molecule has 6 N–H and O–H groups in total. The topological polar surface area (TPSA) is 150 Å². The molecule has 0 atom stereocenters. The van der Waals surface area contributed by atoms with Crippen molar-refractivity contribution >= 4 is 17.9 Å². The monoisotopic (exact) mass is 282 g/mol. The summed E-state index contributed by atoms with van der Waals surface area (Å²) in [5.41, 5.74) is 5.21. The van der Waals surface area contributed by atoms with E-state index in [1.54, 1.807) is 0 Å². The minimum absolute atomic E-state index is 0.750. The molecule has 0 aliphatic heterocycles. The highest BCUT2D eigenvalue weighted by molar-refractivity contribution is 5.63. The molecular weight excluding hydrogens is 256 g/mol. The number of carbonyl (C=O) groups is 3. The zero-order valence-corrected chi connectivity index (χ0v) is 12.0. The Hall–Kier alpha value is -1.67. The van der Waals surface area contributed by atoms with Crippen LogP contribution in [0.4, 0.5) is 0 Å². The zero-order valence-electron chi connectivity index (χ0n) is 12.0. The highest BCUT2D eigenvalue weighted by atomic mass is 16.4. The van der Waals surface area contributed by atoms with Crippen LogP contribution in [0.3, 0.4) is 0 Å². The number of aliphatic carboxylic acids is 3. The Morgan fingerprint density at radius 1 is 0.895 bits per heavy atom. The van der Waals surface area contributed by atoms with Crippen molar-refractivity contribution in [3.63, 3.8) is 0 Å². The maximum absolute atomic E-state index is 9.00. The lowest BCUT2D eigenvalue weighted by Crippen LogP contribution is -2.22. The quantitative estimate of drug-likeness (QED) is 0.459. The predicted octanol–water partition coefficient (Wildman–Crippen LogP) is 0.217. The van der Waals surface area contributed by atoms with Gasteiger partial charge in [-0.05, 0) is 13.0 Å². The maximum atomic E-state index is 9.00. The van der Waals surface area contributed by atoms with Gasteiger partial charge in [-0.25, -0.2) is 0 Å². The van der Waals surface area contributed by atoms with Crippen LogP contribution in [0.1, 0.15) is 34.1 Å². The summed E-state index contributed by atoms with van der Waals surface area (Å²) < 4.78 is 0. The summed E-state index contributed by atoms with van der Waals surface area (Å²) in [5.74, 6) is -2.50. The second-order valence-electron chi connectivity index (χ2n) is 3.10. The van der Waals surface area contributed by atoms with Gasteiger partial charge in [0.2, 0.25) is 0 Å². The SMILES string of the molecule is CC(=O)O.CC(=O)O.CC(=O)O.CCCNCCN. The average molecular weight is 282 g/mol. The lowest BCUT2D eigenvalue weighted by Gasteiger charge is -1.95. The molecule has 0 bridgehead atoms. The fourth-order valence-electron chi connectivity index (χ4n) is 0.404. The van der Waals surface area contributed by atoms with Gasteiger partial charge in [0.1, 0.15) is 0 Å². The lowest BCUT2D eigenvalue weighted by atomic mass is 10.5. The molecule has 0 saturated heterocycles. The van der Waals surface area contributed by atoms with Gasteiger partial charge in [-0.3, -0.25) is 14.4 Å². The van der Waals surface area contributed by atoms with Crippen LogP contribution < -0.4 is 11.1 Å². The zero-order chi connectivity index (χ0) is 16.3. The minimum Gasteiger partial charge on any atom is -0.481 e. The standard InChI is InChI=1S/C5H14N2.3C2H4O2/c1-2-4-7-5-3-6;3*1-2(3)4/h7H,2-6H2,1H3;3*1H3,(H,3,4). The molecule has 0 aliphatic rings. The van der Waals surface area contributed by atoms with Gasteiger partial charge in [-0.2, -0.15) is 0 Å². The molecule has 8 nitrogen and oxygen atoms in total. The third-order valence-corrected chi connectivity index (χ3v) is 0.748. The molecule has 0 aromatic rings. The summed E-state index contributed by atoms with van der Waals surface area (Å²) in [4.78, 5) is 27.0. The van der Waals surface area contributed by atoms with E-state index in [9.17, 15) is 0 Å². The molecule has 0 aromatic heterocycles. The molecule has 0 fully saturated rings. The number of carboxylic acids is 3. The van der Waals surface area contributed by atoms with Crippen molar-refractivity contribution in [3.05, 3.63) is 0 Å². The second kappa shape index (κ2) is 25.2. The van der Waals surface area contributed by atoms with Crippen molar-refractivity contribution in [1.29, 1.82) is 0 Å². The van der Waals surface area contributed by atoms with Crippen LogP contribution in [0.5, 0.6) is 0 Å². The van der Waals surface area contributed by atoms with E-state index in [-0.39, 0.29) is 0 Å². The summed E-state index contributed by atoms with van der Waals surface area (Å²) in [6.45, 7) is 8.19. The van der Waals surface area contributed by atoms with Gasteiger partial charge < -0.3 is 26.4 Å². The molecule has 0 aromatic carbocycles. The first kappa shape index (κ1) is 26.0. The molecule has 19 heavy (non-hydrogen) atoms. The summed E-state index contributed by atoms with van der Waals surface area (Å²) in [6.07, 6.45) is 1.19. The van der Waals surface area contributed by atoms with Crippen molar-refractivity contribution < 1.29 is 29.7 Å². The third kappa shape index (κ3) is 618. The van der Waals surface area contributed by atoms with E-state index in [2.05, 4.69) is 12.2 Å². The van der Waals surface area contributed by atoms with Crippen LogP contribution in [0.15, 0.2) is 0 Å². The molecule has 0 saturated carbocycles. The fourth-order valence-corrected chi connectivity index (χ4v) is 0.404. The predicted molar refractivity (Wildman–Crippen MR) is 72.1 cm³/mol. The summed E-state index contributed by atoms with van der Waals surface area (Å²) >= 11 is 0. The van der Waals surface area contributed by atoms with E-state index in [4.69, 9.17) is 35.4 Å². The van der Waals surface area contributed by atoms with Crippen LogP contribution in [0.25, 0.3) is 0 Å². The molecular formula is C11H26N2O6. The Balaban J connectivity index is -0.0000000825. The first-order valence-electron chi connectivity index (χ1n) is 5.61. The van der Waals surface area contributed by atoms with Gasteiger partial charge in [0, 0.05) is 33.9 Å². The fraction of sp³-hybridized carbons (Fsp3) is 0.727. The van der Waals surface area contributed by atoms with E-state index in [0.717, 1.165) is 40.4 Å². The molecule has 0 spiro atoms. The Bertz CT molecular complexity index is 177. The number of rotatable bonds is 4. The van der Waals surface area contributed by atoms with Gasteiger partial charge in [0.15, 0.2) is 0 Å². The number of carboxylic acid groups (broad SMARTS) is 3. The normalized spacial score (nSPS) is 7.42. The Morgan fingerprint density at radius 2 is 1.16 bits per heavy atom. The molecule has 0 heterocycles. The van der Waals surface area contributed by atoms with E-state index in [0.29, 0.717) is 0 Å². The highest BCUT2D eigenvalue weighted by Gasteiger charge is 1.76. The Morgan fingerprint density at radius 3 is 1.32 bits per heavy atom. The largest absolute Gasteiger partial charge is 0.481 e. The number of nitrogens with two attached hydrogens (primary N) is 1. The van der Waals surface area contributed by atoms with Crippen molar-refractivity contribution in [2.24, 2.45) is 5.73 Å². The van der Waals surface area contributed by atoms with Crippen LogP contribution in [-0.2, 0) is 14.4 Å². The number of nitrogens with one attached hydrogen (secondary N) is 1.